The standard InChI is InChI=1S/C24H41ClN2O2/c1-2-3-4-5-6-7-8-9-10-11-12-15-18-26-24(29)23(20-28)27-19-21-16-13-14-17-22(21)25/h13-14,16-17,23,27-28H,2-12,15,18-20H2,1H3,(H,26,29)/t23-/m0/s1. The minimum Gasteiger partial charge on any atom is -0.394 e. The Hall–Kier alpha value is -1.10. The van der Waals surface area contributed by atoms with Crippen LogP contribution in [0.1, 0.15) is 89.5 Å². The van der Waals surface area contributed by atoms with Gasteiger partial charge in [-0.1, -0.05) is 107 Å². The van der Waals surface area contributed by atoms with Crippen molar-refractivity contribution < 1.29 is 9.90 Å². The van der Waals surface area contributed by atoms with E-state index < -0.39 is 6.04 Å². The van der Waals surface area contributed by atoms with Gasteiger partial charge in [0.15, 0.2) is 0 Å². The van der Waals surface area contributed by atoms with Gasteiger partial charge in [0.2, 0.25) is 5.91 Å². The molecule has 0 fully saturated rings. The molecule has 1 atom stereocenters. The van der Waals surface area contributed by atoms with Gasteiger partial charge in [-0.05, 0) is 18.1 Å². The Morgan fingerprint density at radius 3 is 2.03 bits per heavy atom. The maximum atomic E-state index is 12.2. The summed E-state index contributed by atoms with van der Waals surface area (Å²) in [6.07, 6.45) is 15.6. The zero-order valence-electron chi connectivity index (χ0n) is 18.2. The van der Waals surface area contributed by atoms with E-state index in [1.54, 1.807) is 0 Å². The maximum absolute atomic E-state index is 12.2. The first-order valence-corrected chi connectivity index (χ1v) is 11.9. The summed E-state index contributed by atoms with van der Waals surface area (Å²) in [6.45, 7) is 3.15. The quantitative estimate of drug-likeness (QED) is 0.268. The lowest BCUT2D eigenvalue weighted by molar-refractivity contribution is -0.124. The van der Waals surface area contributed by atoms with Crippen LogP contribution < -0.4 is 10.6 Å². The molecule has 5 heteroatoms. The largest absolute Gasteiger partial charge is 0.394 e. The summed E-state index contributed by atoms with van der Waals surface area (Å²) >= 11 is 6.12. The third-order valence-electron chi connectivity index (χ3n) is 5.33. The Labute approximate surface area is 182 Å². The zero-order valence-corrected chi connectivity index (χ0v) is 19.0. The highest BCUT2D eigenvalue weighted by molar-refractivity contribution is 6.31. The Bertz CT molecular complexity index is 539. The molecular formula is C24H41ClN2O2. The van der Waals surface area contributed by atoms with Crippen molar-refractivity contribution in [1.29, 1.82) is 0 Å². The molecule has 0 radical (unpaired) electrons. The van der Waals surface area contributed by atoms with Crippen molar-refractivity contribution in [3.05, 3.63) is 34.9 Å². The number of rotatable bonds is 18. The molecule has 0 bridgehead atoms. The van der Waals surface area contributed by atoms with Crippen LogP contribution in [0, 0.1) is 0 Å². The van der Waals surface area contributed by atoms with Crippen LogP contribution in [0.3, 0.4) is 0 Å². The first-order valence-electron chi connectivity index (χ1n) is 11.5. The number of unbranched alkanes of at least 4 members (excludes halogenated alkanes) is 11. The number of carbonyl (C=O) groups is 1. The lowest BCUT2D eigenvalue weighted by Crippen LogP contribution is -2.46. The van der Waals surface area contributed by atoms with Crippen molar-refractivity contribution in [1.82, 2.24) is 10.6 Å². The summed E-state index contributed by atoms with van der Waals surface area (Å²) in [7, 11) is 0. The average molecular weight is 425 g/mol. The molecule has 0 aromatic heterocycles. The second kappa shape index (κ2) is 17.7. The molecule has 4 nitrogen and oxygen atoms in total. The minimum atomic E-state index is -0.608. The maximum Gasteiger partial charge on any atom is 0.239 e. The van der Waals surface area contributed by atoms with Gasteiger partial charge in [0.25, 0.3) is 0 Å². The van der Waals surface area contributed by atoms with Gasteiger partial charge in [-0.2, -0.15) is 0 Å². The number of hydrogen-bond donors (Lipinski definition) is 3. The van der Waals surface area contributed by atoms with Crippen LogP contribution >= 0.6 is 11.6 Å². The molecule has 0 unspecified atom stereocenters. The van der Waals surface area contributed by atoms with E-state index >= 15 is 0 Å². The van der Waals surface area contributed by atoms with Gasteiger partial charge in [0.05, 0.1) is 6.61 Å². The number of halogens is 1. The number of aliphatic hydroxyl groups excluding tert-OH is 1. The second-order valence-corrected chi connectivity index (χ2v) is 8.29. The van der Waals surface area contributed by atoms with Crippen LogP contribution in [0.2, 0.25) is 5.02 Å². The Kier molecular flexibility index (Phi) is 15.9. The van der Waals surface area contributed by atoms with Crippen LogP contribution in [0.15, 0.2) is 24.3 Å². The molecule has 0 aliphatic rings. The fourth-order valence-electron chi connectivity index (χ4n) is 3.42. The van der Waals surface area contributed by atoms with E-state index in [9.17, 15) is 9.90 Å². The van der Waals surface area contributed by atoms with E-state index in [1.807, 2.05) is 24.3 Å². The summed E-state index contributed by atoms with van der Waals surface area (Å²) in [6, 6.07) is 6.90. The summed E-state index contributed by atoms with van der Waals surface area (Å²) in [5, 5.41) is 16.2. The number of aliphatic hydroxyl groups is 1. The fourth-order valence-corrected chi connectivity index (χ4v) is 3.62. The number of nitrogens with one attached hydrogen (secondary N) is 2. The Morgan fingerprint density at radius 2 is 1.48 bits per heavy atom. The third kappa shape index (κ3) is 12.9. The highest BCUT2D eigenvalue weighted by Crippen LogP contribution is 2.14. The molecule has 0 heterocycles. The first-order chi connectivity index (χ1) is 14.2. The van der Waals surface area contributed by atoms with E-state index in [4.69, 9.17) is 11.6 Å². The van der Waals surface area contributed by atoms with Gasteiger partial charge in [-0.25, -0.2) is 0 Å². The van der Waals surface area contributed by atoms with Crippen molar-refractivity contribution in [2.45, 2.75) is 96.6 Å². The molecular weight excluding hydrogens is 384 g/mol. The molecule has 0 aliphatic heterocycles. The van der Waals surface area contributed by atoms with Crippen molar-refractivity contribution in [2.75, 3.05) is 13.2 Å². The lowest BCUT2D eigenvalue weighted by Gasteiger charge is -2.16. The van der Waals surface area contributed by atoms with Gasteiger partial charge in [0.1, 0.15) is 6.04 Å². The molecule has 1 rings (SSSR count). The number of benzene rings is 1. The molecule has 1 aromatic carbocycles. The highest BCUT2D eigenvalue weighted by Gasteiger charge is 2.16. The van der Waals surface area contributed by atoms with E-state index in [2.05, 4.69) is 17.6 Å². The van der Waals surface area contributed by atoms with Crippen molar-refractivity contribution in [3.63, 3.8) is 0 Å². The van der Waals surface area contributed by atoms with Crippen molar-refractivity contribution in [3.8, 4) is 0 Å². The minimum absolute atomic E-state index is 0.150. The molecule has 0 aliphatic carbocycles. The SMILES string of the molecule is CCCCCCCCCCCCCCNC(=O)[C@H](CO)NCc1ccccc1Cl. The van der Waals surface area contributed by atoms with Crippen LogP contribution in [-0.4, -0.2) is 30.2 Å². The van der Waals surface area contributed by atoms with Gasteiger partial charge in [-0.15, -0.1) is 0 Å². The molecule has 3 N–H and O–H groups in total. The van der Waals surface area contributed by atoms with E-state index in [0.717, 1.165) is 18.4 Å². The molecule has 166 valence electrons. The van der Waals surface area contributed by atoms with Gasteiger partial charge in [-0.3, -0.25) is 10.1 Å². The van der Waals surface area contributed by atoms with Gasteiger partial charge >= 0.3 is 0 Å². The normalized spacial score (nSPS) is 12.1. The first kappa shape index (κ1) is 25.9. The molecule has 0 spiro atoms. The third-order valence-corrected chi connectivity index (χ3v) is 5.69. The topological polar surface area (TPSA) is 61.4 Å². The number of carbonyl (C=O) groups excluding carboxylic acids is 1. The molecule has 0 saturated carbocycles. The van der Waals surface area contributed by atoms with E-state index in [-0.39, 0.29) is 12.5 Å². The molecule has 0 saturated heterocycles. The number of amides is 1. The van der Waals surface area contributed by atoms with Crippen LogP contribution in [-0.2, 0) is 11.3 Å². The highest BCUT2D eigenvalue weighted by atomic mass is 35.5. The molecule has 29 heavy (non-hydrogen) atoms. The van der Waals surface area contributed by atoms with Crippen molar-refractivity contribution in [2.24, 2.45) is 0 Å². The van der Waals surface area contributed by atoms with Crippen molar-refractivity contribution >= 4 is 17.5 Å². The molecule has 1 amide bonds. The van der Waals surface area contributed by atoms with E-state index in [0.29, 0.717) is 18.1 Å². The summed E-state index contributed by atoms with van der Waals surface area (Å²) in [5.74, 6) is -0.150. The summed E-state index contributed by atoms with van der Waals surface area (Å²) in [4.78, 5) is 12.2. The Balaban J connectivity index is 2.00. The average Bonchev–Trinajstić information content (AvgIpc) is 2.73. The summed E-state index contributed by atoms with van der Waals surface area (Å²) < 4.78 is 0. The predicted molar refractivity (Wildman–Crippen MR) is 123 cm³/mol. The fraction of sp³-hybridized carbons (Fsp3) is 0.708. The van der Waals surface area contributed by atoms with Gasteiger partial charge < -0.3 is 10.4 Å². The van der Waals surface area contributed by atoms with E-state index in [1.165, 1.54) is 64.2 Å². The Morgan fingerprint density at radius 1 is 0.931 bits per heavy atom. The second-order valence-electron chi connectivity index (χ2n) is 7.89. The monoisotopic (exact) mass is 424 g/mol. The smallest absolute Gasteiger partial charge is 0.239 e. The number of hydrogen-bond acceptors (Lipinski definition) is 3. The molecule has 1 aromatic rings. The van der Waals surface area contributed by atoms with Crippen LogP contribution in [0.4, 0.5) is 0 Å². The predicted octanol–water partition coefficient (Wildman–Crippen LogP) is 5.61. The van der Waals surface area contributed by atoms with Gasteiger partial charge in [0, 0.05) is 18.1 Å². The van der Waals surface area contributed by atoms with Crippen LogP contribution in [0.5, 0.6) is 0 Å². The summed E-state index contributed by atoms with van der Waals surface area (Å²) in [5.41, 5.74) is 0.918. The lowest BCUT2D eigenvalue weighted by atomic mass is 10.1. The van der Waals surface area contributed by atoms with Crippen LogP contribution in [0.25, 0.3) is 0 Å². The zero-order chi connectivity index (χ0) is 21.2.